The lowest BCUT2D eigenvalue weighted by Gasteiger charge is -2.21. The van der Waals surface area contributed by atoms with Gasteiger partial charge in [-0.25, -0.2) is 0 Å². The smallest absolute Gasteiger partial charge is 0.258 e. The quantitative estimate of drug-likeness (QED) is 0.872. The van der Waals surface area contributed by atoms with Gasteiger partial charge in [0.2, 0.25) is 5.91 Å². The SMILES string of the molecule is CCN(CC(=O)Nc1ccc2c(c1)OCCO2)C(=O)c1c(C)oc(C)c1C. The van der Waals surface area contributed by atoms with Crippen molar-refractivity contribution in [2.75, 3.05) is 31.6 Å². The Hall–Kier alpha value is -2.96. The summed E-state index contributed by atoms with van der Waals surface area (Å²) < 4.78 is 16.5. The van der Waals surface area contributed by atoms with Gasteiger partial charge in [0.1, 0.15) is 31.3 Å². The van der Waals surface area contributed by atoms with Crippen LogP contribution in [0.3, 0.4) is 0 Å². The standard InChI is InChI=1S/C20H24N2O5/c1-5-22(20(24)19-12(2)13(3)27-14(19)4)11-18(23)21-15-6-7-16-17(10-15)26-9-8-25-16/h6-7,10H,5,8-9,11H2,1-4H3,(H,21,23). The van der Waals surface area contributed by atoms with Crippen LogP contribution in [-0.4, -0.2) is 43.0 Å². The van der Waals surface area contributed by atoms with E-state index in [9.17, 15) is 9.59 Å². The molecule has 1 aliphatic heterocycles. The van der Waals surface area contributed by atoms with Gasteiger partial charge in [0.25, 0.3) is 5.91 Å². The Bertz CT molecular complexity index is 871. The molecule has 3 rings (SSSR count). The Kier molecular flexibility index (Phi) is 5.39. The number of carbonyl (C=O) groups is 2. The van der Waals surface area contributed by atoms with Crippen molar-refractivity contribution in [3.63, 3.8) is 0 Å². The van der Waals surface area contributed by atoms with E-state index in [0.717, 1.165) is 5.56 Å². The molecule has 2 aromatic rings. The number of hydrogen-bond donors (Lipinski definition) is 1. The van der Waals surface area contributed by atoms with E-state index in [-0.39, 0.29) is 18.4 Å². The predicted molar refractivity (Wildman–Crippen MR) is 101 cm³/mol. The van der Waals surface area contributed by atoms with E-state index in [1.54, 1.807) is 25.1 Å². The highest BCUT2D eigenvalue weighted by atomic mass is 16.6. The molecule has 0 unspecified atom stereocenters. The van der Waals surface area contributed by atoms with Gasteiger partial charge in [0.05, 0.1) is 5.56 Å². The molecule has 0 saturated heterocycles. The summed E-state index contributed by atoms with van der Waals surface area (Å²) in [6, 6.07) is 5.23. The average Bonchev–Trinajstić information content (AvgIpc) is 2.91. The molecular weight excluding hydrogens is 348 g/mol. The van der Waals surface area contributed by atoms with Crippen molar-refractivity contribution in [2.45, 2.75) is 27.7 Å². The largest absolute Gasteiger partial charge is 0.486 e. The van der Waals surface area contributed by atoms with Crippen molar-refractivity contribution in [1.82, 2.24) is 4.90 Å². The summed E-state index contributed by atoms with van der Waals surface area (Å²) in [5, 5.41) is 2.81. The van der Waals surface area contributed by atoms with E-state index in [2.05, 4.69) is 5.32 Å². The van der Waals surface area contributed by atoms with E-state index in [0.29, 0.717) is 54.0 Å². The zero-order valence-electron chi connectivity index (χ0n) is 16.0. The summed E-state index contributed by atoms with van der Waals surface area (Å²) in [7, 11) is 0. The van der Waals surface area contributed by atoms with E-state index in [4.69, 9.17) is 13.9 Å². The summed E-state index contributed by atoms with van der Waals surface area (Å²) in [5.74, 6) is 2.06. The third kappa shape index (κ3) is 3.92. The second-order valence-corrected chi connectivity index (χ2v) is 6.44. The van der Waals surface area contributed by atoms with Crippen molar-refractivity contribution in [1.29, 1.82) is 0 Å². The molecule has 0 atom stereocenters. The zero-order valence-corrected chi connectivity index (χ0v) is 16.0. The van der Waals surface area contributed by atoms with Crippen LogP contribution < -0.4 is 14.8 Å². The number of amides is 2. The lowest BCUT2D eigenvalue weighted by Crippen LogP contribution is -2.38. The molecule has 0 saturated carbocycles. The Balaban J connectivity index is 1.69. The maximum Gasteiger partial charge on any atom is 0.258 e. The van der Waals surface area contributed by atoms with Crippen LogP contribution in [0, 0.1) is 20.8 Å². The van der Waals surface area contributed by atoms with Crippen molar-refractivity contribution >= 4 is 17.5 Å². The minimum Gasteiger partial charge on any atom is -0.486 e. The van der Waals surface area contributed by atoms with Crippen molar-refractivity contribution in [3.05, 3.63) is 40.8 Å². The molecule has 7 heteroatoms. The lowest BCUT2D eigenvalue weighted by molar-refractivity contribution is -0.116. The highest BCUT2D eigenvalue weighted by Gasteiger charge is 2.24. The van der Waals surface area contributed by atoms with Crippen LogP contribution in [0.4, 0.5) is 5.69 Å². The first-order chi connectivity index (χ1) is 12.9. The van der Waals surface area contributed by atoms with Crippen LogP contribution in [0.15, 0.2) is 22.6 Å². The first-order valence-electron chi connectivity index (χ1n) is 8.96. The molecule has 27 heavy (non-hydrogen) atoms. The van der Waals surface area contributed by atoms with Gasteiger partial charge in [-0.15, -0.1) is 0 Å². The molecule has 2 amide bonds. The van der Waals surface area contributed by atoms with E-state index in [1.165, 1.54) is 4.90 Å². The van der Waals surface area contributed by atoms with Gasteiger partial charge in [0.15, 0.2) is 11.5 Å². The number of furan rings is 1. The van der Waals surface area contributed by atoms with Crippen LogP contribution in [-0.2, 0) is 4.79 Å². The third-order valence-electron chi connectivity index (χ3n) is 4.60. The predicted octanol–water partition coefficient (Wildman–Crippen LogP) is 3.08. The van der Waals surface area contributed by atoms with Crippen molar-refractivity contribution in [3.8, 4) is 11.5 Å². The summed E-state index contributed by atoms with van der Waals surface area (Å²) in [5.41, 5.74) is 1.93. The van der Waals surface area contributed by atoms with Gasteiger partial charge in [-0.1, -0.05) is 0 Å². The fraction of sp³-hybridized carbons (Fsp3) is 0.400. The summed E-state index contributed by atoms with van der Waals surface area (Å²) >= 11 is 0. The van der Waals surface area contributed by atoms with Crippen LogP contribution in [0.1, 0.15) is 34.4 Å². The number of anilines is 1. The second-order valence-electron chi connectivity index (χ2n) is 6.44. The molecule has 0 aliphatic carbocycles. The van der Waals surface area contributed by atoms with Crippen LogP contribution in [0.2, 0.25) is 0 Å². The Morgan fingerprint density at radius 3 is 2.41 bits per heavy atom. The van der Waals surface area contributed by atoms with Gasteiger partial charge < -0.3 is 24.1 Å². The minimum atomic E-state index is -0.280. The molecule has 1 aromatic carbocycles. The van der Waals surface area contributed by atoms with E-state index in [1.807, 2.05) is 20.8 Å². The fourth-order valence-electron chi connectivity index (χ4n) is 3.09. The monoisotopic (exact) mass is 372 g/mol. The van der Waals surface area contributed by atoms with Gasteiger partial charge in [-0.3, -0.25) is 9.59 Å². The molecule has 0 spiro atoms. The number of ether oxygens (including phenoxy) is 2. The molecule has 0 bridgehead atoms. The maximum absolute atomic E-state index is 12.9. The Morgan fingerprint density at radius 2 is 1.78 bits per heavy atom. The number of nitrogens with one attached hydrogen (secondary N) is 1. The molecule has 2 heterocycles. The molecule has 1 aromatic heterocycles. The van der Waals surface area contributed by atoms with Crippen LogP contribution in [0.25, 0.3) is 0 Å². The Labute approximate surface area is 158 Å². The molecule has 144 valence electrons. The first-order valence-corrected chi connectivity index (χ1v) is 8.96. The summed E-state index contributed by atoms with van der Waals surface area (Å²) in [4.78, 5) is 26.8. The number of aryl methyl sites for hydroxylation is 2. The normalized spacial score (nSPS) is 12.6. The van der Waals surface area contributed by atoms with Crippen LogP contribution >= 0.6 is 0 Å². The number of carbonyl (C=O) groups excluding carboxylic acids is 2. The van der Waals surface area contributed by atoms with Crippen molar-refractivity contribution < 1.29 is 23.5 Å². The van der Waals surface area contributed by atoms with Crippen LogP contribution in [0.5, 0.6) is 11.5 Å². The molecule has 0 radical (unpaired) electrons. The van der Waals surface area contributed by atoms with Gasteiger partial charge in [-0.2, -0.15) is 0 Å². The fourth-order valence-corrected chi connectivity index (χ4v) is 3.09. The number of hydrogen-bond acceptors (Lipinski definition) is 5. The maximum atomic E-state index is 12.9. The van der Waals surface area contributed by atoms with Gasteiger partial charge in [-0.05, 0) is 39.8 Å². The number of rotatable bonds is 5. The molecule has 1 aliphatic rings. The van der Waals surface area contributed by atoms with Crippen molar-refractivity contribution in [2.24, 2.45) is 0 Å². The van der Waals surface area contributed by atoms with E-state index < -0.39 is 0 Å². The minimum absolute atomic E-state index is 0.0487. The number of nitrogens with zero attached hydrogens (tertiary/aromatic N) is 1. The summed E-state index contributed by atoms with van der Waals surface area (Å²) in [6.45, 7) is 8.63. The lowest BCUT2D eigenvalue weighted by atomic mass is 10.1. The number of benzene rings is 1. The second kappa shape index (κ2) is 7.73. The molecule has 0 fully saturated rings. The van der Waals surface area contributed by atoms with Gasteiger partial charge in [0, 0.05) is 23.9 Å². The average molecular weight is 372 g/mol. The number of fused-ring (bicyclic) bond motifs is 1. The zero-order chi connectivity index (χ0) is 19.6. The summed E-state index contributed by atoms with van der Waals surface area (Å²) in [6.07, 6.45) is 0. The molecule has 1 N–H and O–H groups in total. The highest BCUT2D eigenvalue weighted by Crippen LogP contribution is 2.32. The molecule has 7 nitrogen and oxygen atoms in total. The van der Waals surface area contributed by atoms with E-state index >= 15 is 0 Å². The van der Waals surface area contributed by atoms with Gasteiger partial charge >= 0.3 is 0 Å². The third-order valence-corrected chi connectivity index (χ3v) is 4.60. The highest BCUT2D eigenvalue weighted by molar-refractivity contribution is 6.01. The Morgan fingerprint density at radius 1 is 1.07 bits per heavy atom. The number of likely N-dealkylation sites (N-methyl/N-ethyl adjacent to an activating group) is 1. The topological polar surface area (TPSA) is 81.0 Å². The first kappa shape index (κ1) is 18.8. The molecular formula is C20H24N2O5.